The highest BCUT2D eigenvalue weighted by atomic mass is 127. The van der Waals surface area contributed by atoms with Crippen LogP contribution >= 0.6 is 24.0 Å². The van der Waals surface area contributed by atoms with Gasteiger partial charge in [-0.3, -0.25) is 14.7 Å². The Morgan fingerprint density at radius 3 is 2.48 bits per heavy atom. The van der Waals surface area contributed by atoms with Gasteiger partial charge < -0.3 is 20.9 Å². The van der Waals surface area contributed by atoms with Crippen molar-refractivity contribution >= 4 is 41.8 Å². The fraction of sp³-hybridized carbons (Fsp3) is 0.478. The molecule has 1 aliphatic heterocycles. The smallest absolute Gasteiger partial charge is 0.251 e. The SMILES string of the molecule is CN=C(NCCCN1CCN(c2ncccn2)CC1)NCCc1cccc(C(=O)NC)c1.I. The van der Waals surface area contributed by atoms with E-state index in [2.05, 4.69) is 40.7 Å². The number of guanidine groups is 1. The zero-order valence-corrected chi connectivity index (χ0v) is 21.8. The zero-order chi connectivity index (χ0) is 22.6. The van der Waals surface area contributed by atoms with Crippen molar-refractivity contribution in [3.63, 3.8) is 0 Å². The molecule has 0 radical (unpaired) electrons. The molecule has 0 atom stereocenters. The molecule has 1 amide bonds. The van der Waals surface area contributed by atoms with Crippen molar-refractivity contribution < 1.29 is 4.79 Å². The van der Waals surface area contributed by atoms with Crippen LogP contribution in [0.15, 0.2) is 47.7 Å². The first-order valence-corrected chi connectivity index (χ1v) is 11.2. The second-order valence-electron chi connectivity index (χ2n) is 7.69. The van der Waals surface area contributed by atoms with E-state index >= 15 is 0 Å². The molecule has 33 heavy (non-hydrogen) atoms. The van der Waals surface area contributed by atoms with Gasteiger partial charge in [-0.25, -0.2) is 9.97 Å². The number of rotatable bonds is 9. The van der Waals surface area contributed by atoms with Crippen LogP contribution in [-0.2, 0) is 6.42 Å². The number of amides is 1. The molecule has 10 heteroatoms. The molecule has 180 valence electrons. The number of anilines is 1. The average Bonchev–Trinajstić information content (AvgIpc) is 2.86. The van der Waals surface area contributed by atoms with E-state index in [0.29, 0.717) is 5.56 Å². The molecule has 1 aromatic carbocycles. The zero-order valence-electron chi connectivity index (χ0n) is 19.5. The summed E-state index contributed by atoms with van der Waals surface area (Å²) < 4.78 is 0. The summed E-state index contributed by atoms with van der Waals surface area (Å²) in [6.07, 6.45) is 5.46. The molecular formula is C23H35IN8O. The van der Waals surface area contributed by atoms with E-state index in [1.807, 2.05) is 30.3 Å². The summed E-state index contributed by atoms with van der Waals surface area (Å²) in [7, 11) is 3.43. The summed E-state index contributed by atoms with van der Waals surface area (Å²) in [4.78, 5) is 29.5. The number of benzene rings is 1. The maximum absolute atomic E-state index is 11.8. The molecule has 0 bridgehead atoms. The van der Waals surface area contributed by atoms with E-state index in [9.17, 15) is 4.79 Å². The summed E-state index contributed by atoms with van der Waals surface area (Å²) in [6, 6.07) is 9.56. The van der Waals surface area contributed by atoms with Crippen LogP contribution in [0.5, 0.6) is 0 Å². The van der Waals surface area contributed by atoms with Crippen LogP contribution in [0.4, 0.5) is 5.95 Å². The van der Waals surface area contributed by atoms with Crippen LogP contribution < -0.4 is 20.9 Å². The Morgan fingerprint density at radius 1 is 1.06 bits per heavy atom. The molecule has 0 spiro atoms. The van der Waals surface area contributed by atoms with Gasteiger partial charge in [0, 0.05) is 71.3 Å². The molecule has 0 unspecified atom stereocenters. The second kappa shape index (κ2) is 14.6. The standard InChI is InChI=1S/C23H34N8O.HI/c1-24-21(32)20-7-3-6-19(18-20)8-12-27-22(25-2)26-11-5-13-30-14-16-31(17-15-30)23-28-9-4-10-29-23;/h3-4,6-7,9-10,18H,5,8,11-17H2,1-2H3,(H,24,32)(H2,25,26,27);1H. The molecule has 0 saturated carbocycles. The van der Waals surface area contributed by atoms with Crippen LogP contribution in [0.2, 0.25) is 0 Å². The molecule has 3 rings (SSSR count). The van der Waals surface area contributed by atoms with Crippen molar-refractivity contribution in [3.05, 3.63) is 53.9 Å². The number of nitrogens with zero attached hydrogens (tertiary/aromatic N) is 5. The summed E-state index contributed by atoms with van der Waals surface area (Å²) in [5.41, 5.74) is 1.80. The van der Waals surface area contributed by atoms with E-state index in [1.165, 1.54) is 0 Å². The van der Waals surface area contributed by atoms with Gasteiger partial charge in [0.25, 0.3) is 5.91 Å². The topological polar surface area (TPSA) is 97.8 Å². The van der Waals surface area contributed by atoms with Crippen LogP contribution in [-0.4, -0.2) is 86.6 Å². The quantitative estimate of drug-likeness (QED) is 0.183. The fourth-order valence-electron chi connectivity index (χ4n) is 3.69. The normalized spacial score (nSPS) is 14.4. The van der Waals surface area contributed by atoms with Crippen LogP contribution in [0.3, 0.4) is 0 Å². The summed E-state index contributed by atoms with van der Waals surface area (Å²) >= 11 is 0. The number of piperazine rings is 1. The third-order valence-corrected chi connectivity index (χ3v) is 5.50. The largest absolute Gasteiger partial charge is 0.356 e. The van der Waals surface area contributed by atoms with E-state index in [4.69, 9.17) is 0 Å². The van der Waals surface area contributed by atoms with Crippen molar-refractivity contribution in [2.24, 2.45) is 4.99 Å². The lowest BCUT2D eigenvalue weighted by Crippen LogP contribution is -2.47. The van der Waals surface area contributed by atoms with E-state index in [-0.39, 0.29) is 29.9 Å². The number of aliphatic imine (C=N–C) groups is 1. The minimum absolute atomic E-state index is 0. The lowest BCUT2D eigenvalue weighted by Gasteiger charge is -2.34. The van der Waals surface area contributed by atoms with Gasteiger partial charge in [0.15, 0.2) is 5.96 Å². The highest BCUT2D eigenvalue weighted by Crippen LogP contribution is 2.09. The van der Waals surface area contributed by atoms with E-state index < -0.39 is 0 Å². The van der Waals surface area contributed by atoms with Gasteiger partial charge in [-0.05, 0) is 43.1 Å². The number of hydrogen-bond acceptors (Lipinski definition) is 6. The molecule has 2 heterocycles. The highest BCUT2D eigenvalue weighted by Gasteiger charge is 2.18. The van der Waals surface area contributed by atoms with E-state index in [0.717, 1.165) is 76.1 Å². The first-order valence-electron chi connectivity index (χ1n) is 11.2. The Morgan fingerprint density at radius 2 is 1.79 bits per heavy atom. The van der Waals surface area contributed by atoms with Crippen LogP contribution in [0.1, 0.15) is 22.3 Å². The van der Waals surface area contributed by atoms with Gasteiger partial charge in [0.1, 0.15) is 0 Å². The molecule has 1 aromatic heterocycles. The Hall–Kier alpha value is -2.47. The van der Waals surface area contributed by atoms with Gasteiger partial charge >= 0.3 is 0 Å². The first kappa shape index (κ1) is 26.8. The van der Waals surface area contributed by atoms with Crippen molar-refractivity contribution in [1.82, 2.24) is 30.8 Å². The lowest BCUT2D eigenvalue weighted by molar-refractivity contribution is 0.0963. The molecule has 2 aromatic rings. The van der Waals surface area contributed by atoms with Gasteiger partial charge in [0.2, 0.25) is 5.95 Å². The van der Waals surface area contributed by atoms with Crippen molar-refractivity contribution in [3.8, 4) is 0 Å². The maximum atomic E-state index is 11.8. The predicted molar refractivity (Wildman–Crippen MR) is 144 cm³/mol. The fourth-order valence-corrected chi connectivity index (χ4v) is 3.69. The third kappa shape index (κ3) is 8.77. The predicted octanol–water partition coefficient (Wildman–Crippen LogP) is 1.37. The molecule has 0 aliphatic carbocycles. The molecule has 1 saturated heterocycles. The number of carbonyl (C=O) groups is 1. The number of nitrogens with one attached hydrogen (secondary N) is 3. The van der Waals surface area contributed by atoms with E-state index in [1.54, 1.807) is 26.5 Å². The van der Waals surface area contributed by atoms with Crippen molar-refractivity contribution in [2.75, 3.05) is 64.8 Å². The Kier molecular flexibility index (Phi) is 11.9. The Balaban J connectivity index is 0.00000385. The summed E-state index contributed by atoms with van der Waals surface area (Å²) in [6.45, 7) is 6.65. The molecule has 9 nitrogen and oxygen atoms in total. The van der Waals surface area contributed by atoms with Crippen LogP contribution in [0, 0.1) is 0 Å². The van der Waals surface area contributed by atoms with Gasteiger partial charge in [-0.1, -0.05) is 12.1 Å². The molecule has 1 aliphatic rings. The summed E-state index contributed by atoms with van der Waals surface area (Å²) in [5.74, 6) is 1.56. The second-order valence-corrected chi connectivity index (χ2v) is 7.69. The first-order chi connectivity index (χ1) is 15.7. The van der Waals surface area contributed by atoms with Crippen molar-refractivity contribution in [2.45, 2.75) is 12.8 Å². The maximum Gasteiger partial charge on any atom is 0.251 e. The number of halogens is 1. The lowest BCUT2D eigenvalue weighted by atomic mass is 10.1. The number of hydrogen-bond donors (Lipinski definition) is 3. The molecule has 1 fully saturated rings. The minimum Gasteiger partial charge on any atom is -0.356 e. The monoisotopic (exact) mass is 566 g/mol. The van der Waals surface area contributed by atoms with Crippen LogP contribution in [0.25, 0.3) is 0 Å². The van der Waals surface area contributed by atoms with Gasteiger partial charge in [-0.2, -0.15) is 0 Å². The van der Waals surface area contributed by atoms with Crippen molar-refractivity contribution in [1.29, 1.82) is 0 Å². The minimum atomic E-state index is -0.0629. The Labute approximate surface area is 213 Å². The number of carbonyl (C=O) groups excluding carboxylic acids is 1. The number of aromatic nitrogens is 2. The van der Waals surface area contributed by atoms with Gasteiger partial charge in [0.05, 0.1) is 0 Å². The molecule has 3 N–H and O–H groups in total. The summed E-state index contributed by atoms with van der Waals surface area (Å²) in [5, 5.41) is 9.39. The average molecular weight is 566 g/mol. The van der Waals surface area contributed by atoms with Gasteiger partial charge in [-0.15, -0.1) is 24.0 Å². The highest BCUT2D eigenvalue weighted by molar-refractivity contribution is 14.0. The Bertz CT molecular complexity index is 872. The molecular weight excluding hydrogens is 531 g/mol. The third-order valence-electron chi connectivity index (χ3n) is 5.50.